The molecule has 2 heterocycles. The summed E-state index contributed by atoms with van der Waals surface area (Å²) in [5, 5.41) is 8.59. The van der Waals surface area contributed by atoms with Gasteiger partial charge in [-0.05, 0) is 66.7 Å². The molecule has 2 aliphatic heterocycles. The van der Waals surface area contributed by atoms with Crippen molar-refractivity contribution >= 4 is 32.3 Å². The molecule has 2 saturated heterocycles. The normalized spacial score (nSPS) is 32.2. The van der Waals surface area contributed by atoms with Crippen LogP contribution in [-0.2, 0) is 9.47 Å². The van der Waals surface area contributed by atoms with Crippen molar-refractivity contribution in [1.29, 1.82) is 0 Å². The van der Waals surface area contributed by atoms with E-state index < -0.39 is 0 Å². The standard InChI is InChI=1S/C20H10O2/c1-3-9-15-12(20-17(9)21-20)6-8-2-4-10-16-11(19-18(10)22-19)5-7(1)13(15)14(8)16/h1-6,17-20H/t17-,18-,19+,20+/m0/s1. The third-order valence-corrected chi connectivity index (χ3v) is 6.20. The topological polar surface area (TPSA) is 25.1 Å². The van der Waals surface area contributed by atoms with Crippen LogP contribution in [0.5, 0.6) is 0 Å². The Morgan fingerprint density at radius 1 is 0.500 bits per heavy atom. The highest BCUT2D eigenvalue weighted by Crippen LogP contribution is 2.65. The lowest BCUT2D eigenvalue weighted by Gasteiger charge is -2.16. The lowest BCUT2D eigenvalue weighted by Crippen LogP contribution is -1.93. The molecule has 0 saturated carbocycles. The molecule has 4 aromatic carbocycles. The molecule has 0 amide bonds. The third kappa shape index (κ3) is 0.794. The summed E-state index contributed by atoms with van der Waals surface area (Å²) in [4.78, 5) is 0. The zero-order chi connectivity index (χ0) is 13.7. The predicted octanol–water partition coefficient (Wildman–Crippen LogP) is 4.84. The van der Waals surface area contributed by atoms with Crippen LogP contribution in [0.4, 0.5) is 0 Å². The molecular weight excluding hydrogens is 272 g/mol. The van der Waals surface area contributed by atoms with E-state index in [1.807, 2.05) is 0 Å². The van der Waals surface area contributed by atoms with Crippen LogP contribution >= 0.6 is 0 Å². The molecule has 2 heteroatoms. The third-order valence-electron chi connectivity index (χ3n) is 6.20. The van der Waals surface area contributed by atoms with Gasteiger partial charge in [-0.25, -0.2) is 0 Å². The van der Waals surface area contributed by atoms with Crippen molar-refractivity contribution in [3.63, 3.8) is 0 Å². The molecule has 22 heavy (non-hydrogen) atoms. The van der Waals surface area contributed by atoms with Gasteiger partial charge in [-0.3, -0.25) is 0 Å². The first-order valence-electron chi connectivity index (χ1n) is 7.99. The van der Waals surface area contributed by atoms with Crippen LogP contribution in [0.25, 0.3) is 32.3 Å². The van der Waals surface area contributed by atoms with Gasteiger partial charge in [0.25, 0.3) is 0 Å². The summed E-state index contributed by atoms with van der Waals surface area (Å²) in [7, 11) is 0. The Hall–Kier alpha value is -2.16. The van der Waals surface area contributed by atoms with E-state index in [0.717, 1.165) is 0 Å². The van der Waals surface area contributed by atoms with Crippen LogP contribution in [0.2, 0.25) is 0 Å². The van der Waals surface area contributed by atoms with Crippen LogP contribution in [-0.4, -0.2) is 0 Å². The summed E-state index contributed by atoms with van der Waals surface area (Å²) in [5.41, 5.74) is 5.60. The fourth-order valence-corrected chi connectivity index (χ4v) is 5.24. The minimum absolute atomic E-state index is 0.310. The van der Waals surface area contributed by atoms with Gasteiger partial charge in [0, 0.05) is 0 Å². The first kappa shape index (κ1) is 9.78. The van der Waals surface area contributed by atoms with E-state index in [0.29, 0.717) is 24.4 Å². The number of benzene rings is 4. The van der Waals surface area contributed by atoms with Gasteiger partial charge in [-0.2, -0.15) is 0 Å². The Balaban J connectivity index is 1.78. The molecule has 8 rings (SSSR count). The first-order chi connectivity index (χ1) is 10.9. The van der Waals surface area contributed by atoms with Gasteiger partial charge in [-0.15, -0.1) is 0 Å². The monoisotopic (exact) mass is 282 g/mol. The second-order valence-corrected chi connectivity index (χ2v) is 7.14. The molecule has 2 nitrogen and oxygen atoms in total. The molecule has 0 bridgehead atoms. The maximum Gasteiger partial charge on any atom is 0.114 e. The van der Waals surface area contributed by atoms with Crippen molar-refractivity contribution in [2.75, 3.05) is 0 Å². The molecule has 0 aromatic heterocycles. The van der Waals surface area contributed by atoms with Crippen molar-refractivity contribution in [2.24, 2.45) is 0 Å². The Kier molecular flexibility index (Phi) is 1.16. The second-order valence-electron chi connectivity index (χ2n) is 7.14. The van der Waals surface area contributed by atoms with Crippen LogP contribution < -0.4 is 0 Å². The lowest BCUT2D eigenvalue weighted by atomic mass is 9.88. The van der Waals surface area contributed by atoms with Crippen LogP contribution in [0.1, 0.15) is 46.7 Å². The highest BCUT2D eigenvalue weighted by molar-refractivity contribution is 6.27. The molecule has 0 N–H and O–H groups in total. The molecule has 4 aliphatic rings. The van der Waals surface area contributed by atoms with Crippen LogP contribution in [0.15, 0.2) is 36.4 Å². The molecule has 102 valence electrons. The molecule has 0 unspecified atom stereocenters. The van der Waals surface area contributed by atoms with E-state index in [2.05, 4.69) is 36.4 Å². The molecule has 0 radical (unpaired) electrons. The van der Waals surface area contributed by atoms with Crippen molar-refractivity contribution < 1.29 is 9.47 Å². The average Bonchev–Trinajstić information content (AvgIpc) is 3.45. The quantitative estimate of drug-likeness (QED) is 0.341. The Labute approximate surface area is 125 Å². The fraction of sp³-hybridized carbons (Fsp3) is 0.200. The van der Waals surface area contributed by atoms with E-state index in [1.54, 1.807) is 0 Å². The number of epoxide rings is 2. The maximum absolute atomic E-state index is 5.85. The molecule has 0 spiro atoms. The van der Waals surface area contributed by atoms with Crippen molar-refractivity contribution in [1.82, 2.24) is 0 Å². The molecule has 2 aliphatic carbocycles. The lowest BCUT2D eigenvalue weighted by molar-refractivity contribution is 0.374. The van der Waals surface area contributed by atoms with E-state index in [-0.39, 0.29) is 0 Å². The van der Waals surface area contributed by atoms with E-state index in [4.69, 9.17) is 9.47 Å². The van der Waals surface area contributed by atoms with Gasteiger partial charge in [0.1, 0.15) is 24.4 Å². The molecule has 4 atom stereocenters. The molecular formula is C20H10O2. The minimum Gasteiger partial charge on any atom is -0.359 e. The van der Waals surface area contributed by atoms with Crippen molar-refractivity contribution in [3.05, 3.63) is 58.7 Å². The largest absolute Gasteiger partial charge is 0.359 e. The highest BCUT2D eigenvalue weighted by atomic mass is 16.6. The number of ether oxygens (including phenoxy) is 2. The Morgan fingerprint density at radius 2 is 0.955 bits per heavy atom. The Bertz CT molecular complexity index is 1110. The van der Waals surface area contributed by atoms with Gasteiger partial charge >= 0.3 is 0 Å². The number of fused-ring (bicyclic) bond motifs is 6. The highest BCUT2D eigenvalue weighted by Gasteiger charge is 2.52. The van der Waals surface area contributed by atoms with Crippen LogP contribution in [0, 0.1) is 0 Å². The van der Waals surface area contributed by atoms with E-state index in [1.165, 1.54) is 54.6 Å². The zero-order valence-corrected chi connectivity index (χ0v) is 11.6. The van der Waals surface area contributed by atoms with E-state index in [9.17, 15) is 0 Å². The molecule has 4 aromatic rings. The first-order valence-corrected chi connectivity index (χ1v) is 7.99. The Morgan fingerprint density at radius 3 is 1.45 bits per heavy atom. The number of hydrogen-bond donors (Lipinski definition) is 0. The summed E-state index contributed by atoms with van der Waals surface area (Å²) in [6.07, 6.45) is 1.25. The van der Waals surface area contributed by atoms with Crippen molar-refractivity contribution in [3.8, 4) is 0 Å². The summed E-state index contributed by atoms with van der Waals surface area (Å²) in [5.74, 6) is 0. The number of rotatable bonds is 0. The average molecular weight is 282 g/mol. The summed E-state index contributed by atoms with van der Waals surface area (Å²) in [6.45, 7) is 0. The van der Waals surface area contributed by atoms with Gasteiger partial charge in [-0.1, -0.05) is 24.3 Å². The second kappa shape index (κ2) is 2.62. The molecule has 2 fully saturated rings. The zero-order valence-electron chi connectivity index (χ0n) is 11.6. The smallest absolute Gasteiger partial charge is 0.114 e. The van der Waals surface area contributed by atoms with E-state index >= 15 is 0 Å². The SMILES string of the molecule is c1cc2cc3c4c(ccc5cc6c(c1[C@@H]1O[C@H]61)c2c54)[C@@H]1O[C@H]31. The summed E-state index contributed by atoms with van der Waals surface area (Å²) in [6, 6.07) is 13.9. The maximum atomic E-state index is 5.85. The van der Waals surface area contributed by atoms with Crippen molar-refractivity contribution in [2.45, 2.75) is 24.4 Å². The van der Waals surface area contributed by atoms with Gasteiger partial charge in [0.15, 0.2) is 0 Å². The van der Waals surface area contributed by atoms with Crippen LogP contribution in [0.3, 0.4) is 0 Å². The fourth-order valence-electron chi connectivity index (χ4n) is 5.24. The van der Waals surface area contributed by atoms with Gasteiger partial charge in [0.05, 0.1) is 0 Å². The predicted molar refractivity (Wildman–Crippen MR) is 83.3 cm³/mol. The summed E-state index contributed by atoms with van der Waals surface area (Å²) >= 11 is 0. The summed E-state index contributed by atoms with van der Waals surface area (Å²) < 4.78 is 11.7. The van der Waals surface area contributed by atoms with Gasteiger partial charge < -0.3 is 9.47 Å². The minimum atomic E-state index is 0.310. The number of hydrogen-bond acceptors (Lipinski definition) is 2. The van der Waals surface area contributed by atoms with Gasteiger partial charge in [0.2, 0.25) is 0 Å².